The molecule has 0 unspecified atom stereocenters. The number of ether oxygens (including phenoxy) is 1. The van der Waals surface area contributed by atoms with Gasteiger partial charge in [-0.1, -0.05) is 23.7 Å². The number of hydrogen-bond acceptors (Lipinski definition) is 4. The van der Waals surface area contributed by atoms with Crippen LogP contribution in [0.4, 0.5) is 4.39 Å². The fourth-order valence-corrected chi connectivity index (χ4v) is 4.23. The van der Waals surface area contributed by atoms with Gasteiger partial charge in [-0.3, -0.25) is 4.79 Å². The molecule has 0 radical (unpaired) electrons. The number of nitrogens with zero attached hydrogens (tertiary/aromatic N) is 1. The van der Waals surface area contributed by atoms with Crippen LogP contribution in [0.25, 0.3) is 0 Å². The number of sulfone groups is 1. The Hall–Kier alpha value is -2.12. The second-order valence-electron chi connectivity index (χ2n) is 5.64. The molecule has 132 valence electrons. The van der Waals surface area contributed by atoms with Gasteiger partial charge in [-0.15, -0.1) is 0 Å². The summed E-state index contributed by atoms with van der Waals surface area (Å²) in [6.07, 6.45) is 0. The topological polar surface area (TPSA) is 63.7 Å². The van der Waals surface area contributed by atoms with E-state index in [9.17, 15) is 17.6 Å². The van der Waals surface area contributed by atoms with Crippen LogP contribution in [-0.2, 0) is 14.6 Å². The highest BCUT2D eigenvalue weighted by molar-refractivity contribution is 7.92. The lowest BCUT2D eigenvalue weighted by atomic mass is 10.2. The molecule has 2 aromatic carbocycles. The van der Waals surface area contributed by atoms with E-state index in [1.165, 1.54) is 47.4 Å². The fraction of sp³-hybridized carbons (Fsp3) is 0.235. The molecule has 1 aliphatic heterocycles. The largest absolute Gasteiger partial charge is 0.481 e. The third-order valence-corrected chi connectivity index (χ3v) is 6.33. The quantitative estimate of drug-likeness (QED) is 0.796. The first-order valence-corrected chi connectivity index (χ1v) is 9.45. The summed E-state index contributed by atoms with van der Waals surface area (Å²) in [4.78, 5) is 13.6. The van der Waals surface area contributed by atoms with E-state index >= 15 is 0 Å². The van der Waals surface area contributed by atoms with Gasteiger partial charge in [-0.25, -0.2) is 12.8 Å². The highest BCUT2D eigenvalue weighted by Gasteiger charge is 2.40. The number of halogens is 2. The molecule has 0 saturated carbocycles. The molecule has 1 heterocycles. The van der Waals surface area contributed by atoms with Gasteiger partial charge in [-0.05, 0) is 36.4 Å². The zero-order valence-electron chi connectivity index (χ0n) is 13.1. The highest BCUT2D eigenvalue weighted by atomic mass is 35.5. The highest BCUT2D eigenvalue weighted by Crippen LogP contribution is 2.25. The molecular formula is C17H15ClFNO4S. The van der Waals surface area contributed by atoms with E-state index in [2.05, 4.69) is 0 Å². The predicted octanol–water partition coefficient (Wildman–Crippen LogP) is 2.54. The minimum atomic E-state index is -3.51. The first-order chi connectivity index (χ1) is 11.9. The van der Waals surface area contributed by atoms with E-state index in [0.29, 0.717) is 5.02 Å². The van der Waals surface area contributed by atoms with Crippen molar-refractivity contribution in [3.63, 3.8) is 0 Å². The number of para-hydroxylation sites is 1. The second kappa shape index (κ2) is 7.01. The minimum Gasteiger partial charge on any atom is -0.481 e. The van der Waals surface area contributed by atoms with E-state index in [1.807, 2.05) is 0 Å². The first-order valence-electron chi connectivity index (χ1n) is 7.52. The van der Waals surface area contributed by atoms with E-state index in [0.717, 1.165) is 0 Å². The van der Waals surface area contributed by atoms with Crippen molar-refractivity contribution >= 4 is 27.3 Å². The van der Waals surface area contributed by atoms with E-state index in [-0.39, 0.29) is 36.2 Å². The van der Waals surface area contributed by atoms with E-state index in [4.69, 9.17) is 16.3 Å². The van der Waals surface area contributed by atoms with Gasteiger partial charge in [0.25, 0.3) is 5.91 Å². The standard InChI is InChI=1S/C17H15ClFNO4S/c18-12-5-7-13(8-6-12)25(22,23)14-9-20(10-14)17(21)11-24-16-4-2-1-3-15(16)19/h1-8,14H,9-11H2. The molecule has 3 rings (SSSR count). The summed E-state index contributed by atoms with van der Waals surface area (Å²) < 4.78 is 43.5. The molecule has 0 aliphatic carbocycles. The van der Waals surface area contributed by atoms with Crippen molar-refractivity contribution in [1.82, 2.24) is 4.90 Å². The number of carbonyl (C=O) groups is 1. The van der Waals surface area contributed by atoms with Crippen LogP contribution in [0.2, 0.25) is 5.02 Å². The van der Waals surface area contributed by atoms with Crippen LogP contribution in [0, 0.1) is 5.82 Å². The van der Waals surface area contributed by atoms with Crippen LogP contribution in [0.15, 0.2) is 53.4 Å². The Morgan fingerprint density at radius 2 is 1.80 bits per heavy atom. The number of amides is 1. The molecule has 0 bridgehead atoms. The van der Waals surface area contributed by atoms with Crippen LogP contribution in [-0.4, -0.2) is 44.2 Å². The molecule has 1 saturated heterocycles. The molecule has 1 amide bonds. The van der Waals surface area contributed by atoms with Crippen molar-refractivity contribution in [3.8, 4) is 5.75 Å². The summed E-state index contributed by atoms with van der Waals surface area (Å²) in [6, 6.07) is 11.7. The summed E-state index contributed by atoms with van der Waals surface area (Å²) in [5.74, 6) is -0.949. The number of hydrogen-bond donors (Lipinski definition) is 0. The van der Waals surface area contributed by atoms with Crippen molar-refractivity contribution in [2.45, 2.75) is 10.1 Å². The third kappa shape index (κ3) is 3.77. The molecular weight excluding hydrogens is 369 g/mol. The molecule has 0 N–H and O–H groups in total. The zero-order valence-corrected chi connectivity index (χ0v) is 14.6. The smallest absolute Gasteiger partial charge is 0.260 e. The lowest BCUT2D eigenvalue weighted by Crippen LogP contribution is -2.57. The van der Waals surface area contributed by atoms with Crippen LogP contribution >= 0.6 is 11.6 Å². The maximum Gasteiger partial charge on any atom is 0.260 e. The Labute approximate surface area is 149 Å². The average molecular weight is 384 g/mol. The van der Waals surface area contributed by atoms with Gasteiger partial charge in [0.2, 0.25) is 0 Å². The lowest BCUT2D eigenvalue weighted by molar-refractivity contribution is -0.136. The maximum atomic E-state index is 13.4. The van der Waals surface area contributed by atoms with Crippen molar-refractivity contribution in [1.29, 1.82) is 0 Å². The predicted molar refractivity (Wildman–Crippen MR) is 90.9 cm³/mol. The Kier molecular flexibility index (Phi) is 4.96. The Morgan fingerprint density at radius 3 is 2.44 bits per heavy atom. The van der Waals surface area contributed by atoms with Crippen molar-refractivity contribution in [3.05, 3.63) is 59.4 Å². The monoisotopic (exact) mass is 383 g/mol. The SMILES string of the molecule is O=C(COc1ccccc1F)N1CC(S(=O)(=O)c2ccc(Cl)cc2)C1. The molecule has 25 heavy (non-hydrogen) atoms. The minimum absolute atomic E-state index is 0.0123. The Morgan fingerprint density at radius 1 is 1.16 bits per heavy atom. The summed E-state index contributed by atoms with van der Waals surface area (Å²) >= 11 is 5.76. The number of rotatable bonds is 5. The summed E-state index contributed by atoms with van der Waals surface area (Å²) in [5, 5.41) is -0.208. The fourth-order valence-electron chi connectivity index (χ4n) is 2.45. The zero-order chi connectivity index (χ0) is 18.0. The molecule has 5 nitrogen and oxygen atoms in total. The summed E-state index contributed by atoms with van der Waals surface area (Å²) in [6.45, 7) is -0.163. The lowest BCUT2D eigenvalue weighted by Gasteiger charge is -2.38. The Balaban J connectivity index is 1.55. The molecule has 2 aromatic rings. The van der Waals surface area contributed by atoms with Gasteiger partial charge >= 0.3 is 0 Å². The van der Waals surface area contributed by atoms with Gasteiger partial charge in [-0.2, -0.15) is 0 Å². The molecule has 1 aliphatic rings. The van der Waals surface area contributed by atoms with Crippen molar-refractivity contribution < 1.29 is 22.3 Å². The van der Waals surface area contributed by atoms with Gasteiger partial charge in [0.1, 0.15) is 5.25 Å². The third-order valence-electron chi connectivity index (χ3n) is 3.97. The van der Waals surface area contributed by atoms with Gasteiger partial charge in [0, 0.05) is 18.1 Å². The summed E-state index contributed by atoms with van der Waals surface area (Å²) in [5.41, 5.74) is 0. The van der Waals surface area contributed by atoms with Crippen LogP contribution in [0.1, 0.15) is 0 Å². The van der Waals surface area contributed by atoms with E-state index in [1.54, 1.807) is 6.07 Å². The van der Waals surface area contributed by atoms with E-state index < -0.39 is 20.9 Å². The normalized spacial score (nSPS) is 14.9. The van der Waals surface area contributed by atoms with Gasteiger partial charge < -0.3 is 9.64 Å². The molecule has 0 spiro atoms. The van der Waals surface area contributed by atoms with Crippen molar-refractivity contribution in [2.75, 3.05) is 19.7 Å². The molecule has 1 fully saturated rings. The van der Waals surface area contributed by atoms with Crippen LogP contribution in [0.5, 0.6) is 5.75 Å². The van der Waals surface area contributed by atoms with Crippen LogP contribution < -0.4 is 4.74 Å². The average Bonchev–Trinajstić information content (AvgIpc) is 2.53. The molecule has 0 atom stereocenters. The van der Waals surface area contributed by atoms with Crippen molar-refractivity contribution in [2.24, 2.45) is 0 Å². The number of benzene rings is 2. The molecule has 8 heteroatoms. The molecule has 0 aromatic heterocycles. The number of likely N-dealkylation sites (tertiary alicyclic amines) is 1. The first kappa shape index (κ1) is 17.7. The van der Waals surface area contributed by atoms with Gasteiger partial charge in [0.05, 0.1) is 4.90 Å². The van der Waals surface area contributed by atoms with Gasteiger partial charge in [0.15, 0.2) is 28.0 Å². The number of carbonyl (C=O) groups excluding carboxylic acids is 1. The summed E-state index contributed by atoms with van der Waals surface area (Å²) in [7, 11) is -3.51. The maximum absolute atomic E-state index is 13.4. The Bertz CT molecular complexity index is 880. The van der Waals surface area contributed by atoms with Crippen LogP contribution in [0.3, 0.4) is 0 Å². The second-order valence-corrected chi connectivity index (χ2v) is 8.30.